The summed E-state index contributed by atoms with van der Waals surface area (Å²) in [6.07, 6.45) is 1.20. The van der Waals surface area contributed by atoms with Gasteiger partial charge in [0.15, 0.2) is 0 Å². The van der Waals surface area contributed by atoms with Gasteiger partial charge in [-0.3, -0.25) is 14.9 Å². The average molecular weight is 268 g/mol. The minimum Gasteiger partial charge on any atom is -0.481 e. The number of hydrogen-bond donors (Lipinski definition) is 1. The third kappa shape index (κ3) is 2.81. The molecule has 19 heavy (non-hydrogen) atoms. The molecule has 0 unspecified atom stereocenters. The lowest BCUT2D eigenvalue weighted by atomic mass is 9.97. The summed E-state index contributed by atoms with van der Waals surface area (Å²) in [5, 5.41) is 19.9. The molecule has 0 amide bonds. The summed E-state index contributed by atoms with van der Waals surface area (Å²) in [6, 6.07) is 3.34. The third-order valence-electron chi connectivity index (χ3n) is 3.25. The van der Waals surface area contributed by atoms with Crippen molar-refractivity contribution >= 4 is 17.3 Å². The van der Waals surface area contributed by atoms with Gasteiger partial charge >= 0.3 is 5.97 Å². The third-order valence-corrected chi connectivity index (χ3v) is 3.25. The van der Waals surface area contributed by atoms with Crippen molar-refractivity contribution in [3.8, 4) is 0 Å². The van der Waals surface area contributed by atoms with Crippen LogP contribution >= 0.6 is 0 Å². The van der Waals surface area contributed by atoms with Crippen molar-refractivity contribution in [2.24, 2.45) is 5.92 Å². The number of halogens is 1. The van der Waals surface area contributed by atoms with E-state index >= 15 is 0 Å². The van der Waals surface area contributed by atoms with Gasteiger partial charge in [-0.1, -0.05) is 0 Å². The second-order valence-corrected chi connectivity index (χ2v) is 4.51. The van der Waals surface area contributed by atoms with Crippen LogP contribution in [0.4, 0.5) is 15.8 Å². The Morgan fingerprint density at radius 1 is 1.53 bits per heavy atom. The van der Waals surface area contributed by atoms with E-state index in [-0.39, 0.29) is 17.9 Å². The van der Waals surface area contributed by atoms with Crippen molar-refractivity contribution < 1.29 is 19.2 Å². The maximum Gasteiger partial charge on any atom is 0.308 e. The Bertz CT molecular complexity index is 520. The van der Waals surface area contributed by atoms with Crippen molar-refractivity contribution in [2.75, 3.05) is 18.0 Å². The largest absolute Gasteiger partial charge is 0.481 e. The second-order valence-electron chi connectivity index (χ2n) is 4.51. The molecular weight excluding hydrogens is 255 g/mol. The predicted octanol–water partition coefficient (Wildman–Crippen LogP) is 2.03. The number of aliphatic carboxylic acids is 1. The molecule has 2 rings (SSSR count). The molecule has 0 aliphatic carbocycles. The van der Waals surface area contributed by atoms with E-state index in [2.05, 4.69) is 0 Å². The molecule has 102 valence electrons. The van der Waals surface area contributed by atoms with Crippen LogP contribution < -0.4 is 4.90 Å². The molecule has 0 spiro atoms. The number of rotatable bonds is 3. The van der Waals surface area contributed by atoms with Gasteiger partial charge in [0.05, 0.1) is 16.9 Å². The van der Waals surface area contributed by atoms with Gasteiger partial charge < -0.3 is 10.0 Å². The normalized spacial score (nSPS) is 19.2. The predicted molar refractivity (Wildman–Crippen MR) is 65.6 cm³/mol. The Morgan fingerprint density at radius 3 is 2.89 bits per heavy atom. The Hall–Kier alpha value is -2.18. The highest BCUT2D eigenvalue weighted by atomic mass is 19.1. The number of carboxylic acids is 1. The fraction of sp³-hybridized carbons (Fsp3) is 0.417. The van der Waals surface area contributed by atoms with Gasteiger partial charge in [0.25, 0.3) is 5.69 Å². The van der Waals surface area contributed by atoms with Gasteiger partial charge in [0.1, 0.15) is 11.5 Å². The highest BCUT2D eigenvalue weighted by molar-refractivity contribution is 5.72. The lowest BCUT2D eigenvalue weighted by molar-refractivity contribution is -0.384. The number of nitro benzene ring substituents is 1. The molecule has 0 aromatic heterocycles. The number of carbonyl (C=O) groups is 1. The zero-order chi connectivity index (χ0) is 14.0. The van der Waals surface area contributed by atoms with Gasteiger partial charge in [0, 0.05) is 13.1 Å². The first-order chi connectivity index (χ1) is 8.99. The number of nitrogens with zero attached hydrogens (tertiary/aromatic N) is 2. The first kappa shape index (κ1) is 13.3. The fourth-order valence-corrected chi connectivity index (χ4v) is 2.31. The molecular formula is C12H13FN2O4. The Labute approximate surface area is 108 Å². The Balaban J connectivity index is 2.30. The van der Waals surface area contributed by atoms with Gasteiger partial charge in [-0.15, -0.1) is 0 Å². The summed E-state index contributed by atoms with van der Waals surface area (Å²) in [7, 11) is 0. The number of anilines is 1. The number of nitro groups is 1. The summed E-state index contributed by atoms with van der Waals surface area (Å²) in [4.78, 5) is 22.9. The van der Waals surface area contributed by atoms with Crippen molar-refractivity contribution in [1.82, 2.24) is 0 Å². The van der Waals surface area contributed by atoms with Crippen LogP contribution in [0.3, 0.4) is 0 Å². The summed E-state index contributed by atoms with van der Waals surface area (Å²) in [5.74, 6) is -2.13. The average Bonchev–Trinajstić information content (AvgIpc) is 2.38. The smallest absolute Gasteiger partial charge is 0.308 e. The van der Waals surface area contributed by atoms with Crippen LogP contribution in [0.1, 0.15) is 12.8 Å². The topological polar surface area (TPSA) is 83.7 Å². The van der Waals surface area contributed by atoms with Crippen LogP contribution in [0.15, 0.2) is 18.2 Å². The summed E-state index contributed by atoms with van der Waals surface area (Å²) in [6.45, 7) is 0.748. The second kappa shape index (κ2) is 5.21. The molecule has 1 fully saturated rings. The standard InChI is InChI=1S/C12H13FN2O4/c13-9-3-4-10(11(6-9)15(18)19)14-5-1-2-8(7-14)12(16)17/h3-4,6,8H,1-2,5,7H2,(H,16,17)/t8-/m0/s1. The molecule has 1 heterocycles. The van der Waals surface area contributed by atoms with Gasteiger partial charge in [-0.2, -0.15) is 0 Å². The molecule has 0 saturated carbocycles. The molecule has 1 atom stereocenters. The maximum atomic E-state index is 13.1. The van der Waals surface area contributed by atoms with E-state index in [1.54, 1.807) is 4.90 Å². The van der Waals surface area contributed by atoms with E-state index in [0.29, 0.717) is 19.4 Å². The van der Waals surface area contributed by atoms with E-state index in [1.165, 1.54) is 6.07 Å². The SMILES string of the molecule is O=C(O)[C@H]1CCCN(c2ccc(F)cc2[N+](=O)[O-])C1. The fourth-order valence-electron chi connectivity index (χ4n) is 2.31. The van der Waals surface area contributed by atoms with Crippen molar-refractivity contribution in [3.63, 3.8) is 0 Å². The van der Waals surface area contributed by atoms with Crippen molar-refractivity contribution in [2.45, 2.75) is 12.8 Å². The molecule has 1 N–H and O–H groups in total. The zero-order valence-electron chi connectivity index (χ0n) is 10.1. The lowest BCUT2D eigenvalue weighted by Gasteiger charge is -2.32. The minimum atomic E-state index is -0.908. The lowest BCUT2D eigenvalue weighted by Crippen LogP contribution is -2.39. The Kier molecular flexibility index (Phi) is 3.64. The molecule has 1 saturated heterocycles. The van der Waals surface area contributed by atoms with Gasteiger partial charge in [-0.25, -0.2) is 4.39 Å². The van der Waals surface area contributed by atoms with Gasteiger partial charge in [-0.05, 0) is 25.0 Å². The monoisotopic (exact) mass is 268 g/mol. The van der Waals surface area contributed by atoms with Crippen molar-refractivity contribution in [1.29, 1.82) is 0 Å². The highest BCUT2D eigenvalue weighted by Gasteiger charge is 2.29. The van der Waals surface area contributed by atoms with E-state index in [0.717, 1.165) is 12.1 Å². The molecule has 1 aromatic carbocycles. The van der Waals surface area contributed by atoms with Crippen LogP contribution in [0, 0.1) is 21.8 Å². The maximum absolute atomic E-state index is 13.1. The van der Waals surface area contributed by atoms with Gasteiger partial charge in [0.2, 0.25) is 0 Å². The first-order valence-electron chi connectivity index (χ1n) is 5.90. The molecule has 1 aromatic rings. The van der Waals surface area contributed by atoms with E-state index < -0.39 is 22.6 Å². The van der Waals surface area contributed by atoms with Crippen LogP contribution in [0.5, 0.6) is 0 Å². The number of hydrogen-bond acceptors (Lipinski definition) is 4. The first-order valence-corrected chi connectivity index (χ1v) is 5.90. The minimum absolute atomic E-state index is 0.210. The molecule has 1 aliphatic heterocycles. The van der Waals surface area contributed by atoms with Crippen LogP contribution in [-0.2, 0) is 4.79 Å². The highest BCUT2D eigenvalue weighted by Crippen LogP contribution is 2.32. The number of carboxylic acid groups (broad SMARTS) is 1. The Morgan fingerprint density at radius 2 is 2.26 bits per heavy atom. The van der Waals surface area contributed by atoms with E-state index in [9.17, 15) is 19.3 Å². The van der Waals surface area contributed by atoms with Crippen molar-refractivity contribution in [3.05, 3.63) is 34.1 Å². The molecule has 1 aliphatic rings. The molecule has 0 bridgehead atoms. The molecule has 0 radical (unpaired) electrons. The van der Waals surface area contributed by atoms with E-state index in [4.69, 9.17) is 5.11 Å². The van der Waals surface area contributed by atoms with Crippen LogP contribution in [0.25, 0.3) is 0 Å². The quantitative estimate of drug-likeness (QED) is 0.669. The number of piperidine rings is 1. The van der Waals surface area contributed by atoms with Crippen LogP contribution in [0.2, 0.25) is 0 Å². The summed E-state index contributed by atoms with van der Waals surface area (Å²) < 4.78 is 13.1. The summed E-state index contributed by atoms with van der Waals surface area (Å²) in [5.41, 5.74) is -0.0524. The zero-order valence-corrected chi connectivity index (χ0v) is 10.1. The molecule has 6 nitrogen and oxygen atoms in total. The van der Waals surface area contributed by atoms with Crippen LogP contribution in [-0.4, -0.2) is 29.1 Å². The molecule has 7 heteroatoms. The number of benzene rings is 1. The van der Waals surface area contributed by atoms with E-state index in [1.807, 2.05) is 0 Å². The summed E-state index contributed by atoms with van der Waals surface area (Å²) >= 11 is 0.